The first-order chi connectivity index (χ1) is 11.2. The van der Waals surface area contributed by atoms with Gasteiger partial charge in [0.2, 0.25) is 10.0 Å². The monoisotopic (exact) mass is 367 g/mol. The quantitative estimate of drug-likeness (QED) is 0.710. The smallest absolute Gasteiger partial charge is 0.267 e. The Balaban J connectivity index is 2.10. The van der Waals surface area contributed by atoms with Gasteiger partial charge < -0.3 is 0 Å². The van der Waals surface area contributed by atoms with Crippen LogP contribution in [0.1, 0.15) is 26.3 Å². The summed E-state index contributed by atoms with van der Waals surface area (Å²) in [5.41, 5.74) is 5.19. The molecule has 0 saturated heterocycles. The first kappa shape index (κ1) is 17.9. The third-order valence-electron chi connectivity index (χ3n) is 3.15. The summed E-state index contributed by atoms with van der Waals surface area (Å²) in [5, 5.41) is 5.57. The van der Waals surface area contributed by atoms with Crippen molar-refractivity contribution in [1.29, 1.82) is 0 Å². The average molecular weight is 368 g/mol. The van der Waals surface area contributed by atoms with Gasteiger partial charge in [-0.2, -0.15) is 0 Å². The van der Waals surface area contributed by atoms with Crippen molar-refractivity contribution in [2.45, 2.75) is 11.8 Å². The van der Waals surface area contributed by atoms with Gasteiger partial charge in [0.05, 0.1) is 4.90 Å². The number of carbonyl (C=O) groups is 2. The number of halogens is 1. The first-order valence-electron chi connectivity index (χ1n) is 6.68. The maximum absolute atomic E-state index is 12.0. The number of carbonyl (C=O) groups excluding carboxylic acids is 2. The van der Waals surface area contributed by atoms with Gasteiger partial charge in [0.15, 0.2) is 0 Å². The Hall–Kier alpha value is -2.42. The fourth-order valence-electron chi connectivity index (χ4n) is 1.91. The van der Waals surface area contributed by atoms with Gasteiger partial charge >= 0.3 is 0 Å². The Morgan fingerprint density at radius 3 is 2.00 bits per heavy atom. The van der Waals surface area contributed by atoms with E-state index in [0.29, 0.717) is 16.1 Å². The number of hydrazine groups is 1. The lowest BCUT2D eigenvalue weighted by molar-refractivity contribution is 0.0846. The van der Waals surface area contributed by atoms with Crippen LogP contribution >= 0.6 is 11.6 Å². The van der Waals surface area contributed by atoms with Crippen LogP contribution in [0, 0.1) is 6.92 Å². The number of hydrogen-bond acceptors (Lipinski definition) is 4. The molecule has 2 aromatic rings. The lowest BCUT2D eigenvalue weighted by atomic mass is 10.1. The lowest BCUT2D eigenvalue weighted by Crippen LogP contribution is -2.41. The summed E-state index contributed by atoms with van der Waals surface area (Å²) in [5.74, 6) is -1.22. The molecule has 0 aliphatic rings. The van der Waals surface area contributed by atoms with Crippen molar-refractivity contribution in [3.8, 4) is 0 Å². The molecule has 0 bridgehead atoms. The molecule has 2 amide bonds. The summed E-state index contributed by atoms with van der Waals surface area (Å²) < 4.78 is 22.9. The zero-order valence-electron chi connectivity index (χ0n) is 12.5. The molecule has 0 fully saturated rings. The molecule has 0 spiro atoms. The Labute approximate surface area is 143 Å². The summed E-state index contributed by atoms with van der Waals surface area (Å²) in [6.45, 7) is 1.56. The second kappa shape index (κ2) is 7.00. The molecule has 7 nitrogen and oxygen atoms in total. The normalized spacial score (nSPS) is 11.0. The molecule has 0 unspecified atom stereocenters. The van der Waals surface area contributed by atoms with Crippen LogP contribution in [0.4, 0.5) is 0 Å². The molecule has 126 valence electrons. The van der Waals surface area contributed by atoms with Crippen LogP contribution in [-0.4, -0.2) is 20.2 Å². The van der Waals surface area contributed by atoms with E-state index in [2.05, 4.69) is 10.9 Å². The van der Waals surface area contributed by atoms with Gasteiger partial charge in [-0.15, -0.1) is 0 Å². The molecule has 2 rings (SSSR count). The van der Waals surface area contributed by atoms with E-state index in [4.69, 9.17) is 16.7 Å². The van der Waals surface area contributed by atoms with Gasteiger partial charge in [-0.3, -0.25) is 20.4 Å². The third-order valence-corrected chi connectivity index (χ3v) is 4.46. The highest BCUT2D eigenvalue weighted by Gasteiger charge is 2.15. The van der Waals surface area contributed by atoms with Crippen molar-refractivity contribution < 1.29 is 18.0 Å². The number of sulfonamides is 1. The summed E-state index contributed by atoms with van der Waals surface area (Å²) >= 11 is 5.73. The molecule has 0 aliphatic carbocycles. The molecule has 4 N–H and O–H groups in total. The van der Waals surface area contributed by atoms with E-state index in [1.807, 2.05) is 0 Å². The highest BCUT2D eigenvalue weighted by molar-refractivity contribution is 7.89. The number of hydrogen-bond donors (Lipinski definition) is 3. The average Bonchev–Trinajstić information content (AvgIpc) is 2.52. The fourth-order valence-corrected chi connectivity index (χ4v) is 2.84. The Bertz CT molecular complexity index is 895. The maximum Gasteiger partial charge on any atom is 0.269 e. The number of primary sulfonamides is 1. The van der Waals surface area contributed by atoms with Gasteiger partial charge in [0, 0.05) is 16.1 Å². The molecular formula is C15H14ClN3O4S. The molecule has 0 radical (unpaired) electrons. The van der Waals surface area contributed by atoms with E-state index in [9.17, 15) is 18.0 Å². The van der Waals surface area contributed by atoms with E-state index in [-0.39, 0.29) is 10.5 Å². The second-order valence-electron chi connectivity index (χ2n) is 4.94. The van der Waals surface area contributed by atoms with Crippen LogP contribution in [-0.2, 0) is 10.0 Å². The van der Waals surface area contributed by atoms with E-state index < -0.39 is 21.8 Å². The number of nitrogens with one attached hydrogen (secondary N) is 2. The van der Waals surface area contributed by atoms with Crippen LogP contribution in [0.5, 0.6) is 0 Å². The highest BCUT2D eigenvalue weighted by Crippen LogP contribution is 2.15. The standard InChI is InChI=1S/C15H14ClN3O4S/c1-9-2-3-11(8-13(9)24(17,22)23)15(21)19-18-14(20)10-4-6-12(16)7-5-10/h2-8H,1H3,(H,18,20)(H,19,21)(H2,17,22,23). The lowest BCUT2D eigenvalue weighted by Gasteiger charge is -2.09. The minimum absolute atomic E-state index is 0.0426. The van der Waals surface area contributed by atoms with Crippen LogP contribution in [0.15, 0.2) is 47.4 Å². The van der Waals surface area contributed by atoms with Crippen LogP contribution in [0.2, 0.25) is 5.02 Å². The van der Waals surface area contributed by atoms with E-state index in [1.54, 1.807) is 6.92 Å². The van der Waals surface area contributed by atoms with Crippen molar-refractivity contribution >= 4 is 33.4 Å². The molecule has 0 heterocycles. The molecule has 0 saturated carbocycles. The van der Waals surface area contributed by atoms with Gasteiger partial charge in [-0.25, -0.2) is 13.6 Å². The summed E-state index contributed by atoms with van der Waals surface area (Å²) in [6.07, 6.45) is 0. The van der Waals surface area contributed by atoms with E-state index in [0.717, 1.165) is 6.07 Å². The van der Waals surface area contributed by atoms with Crippen molar-refractivity contribution in [1.82, 2.24) is 10.9 Å². The molecule has 0 aliphatic heterocycles. The highest BCUT2D eigenvalue weighted by atomic mass is 35.5. The third kappa shape index (κ3) is 4.31. The van der Waals surface area contributed by atoms with Gasteiger partial charge in [0.25, 0.3) is 11.8 Å². The van der Waals surface area contributed by atoms with Crippen molar-refractivity contribution in [2.75, 3.05) is 0 Å². The number of rotatable bonds is 3. The SMILES string of the molecule is Cc1ccc(C(=O)NNC(=O)c2ccc(Cl)cc2)cc1S(N)(=O)=O. The number of amides is 2. The summed E-state index contributed by atoms with van der Waals surface area (Å²) in [6, 6.07) is 10.1. The zero-order valence-corrected chi connectivity index (χ0v) is 14.1. The van der Waals surface area contributed by atoms with Crippen LogP contribution in [0.25, 0.3) is 0 Å². The van der Waals surface area contributed by atoms with E-state index >= 15 is 0 Å². The van der Waals surface area contributed by atoms with Gasteiger partial charge in [0.1, 0.15) is 0 Å². The largest absolute Gasteiger partial charge is 0.269 e. The Morgan fingerprint density at radius 1 is 0.958 bits per heavy atom. The molecule has 0 aromatic heterocycles. The van der Waals surface area contributed by atoms with Crippen molar-refractivity contribution in [3.63, 3.8) is 0 Å². The van der Waals surface area contributed by atoms with Crippen molar-refractivity contribution in [3.05, 3.63) is 64.2 Å². The zero-order chi connectivity index (χ0) is 17.9. The van der Waals surface area contributed by atoms with Crippen LogP contribution < -0.4 is 16.0 Å². The van der Waals surface area contributed by atoms with Crippen LogP contribution in [0.3, 0.4) is 0 Å². The topological polar surface area (TPSA) is 118 Å². The second-order valence-corrected chi connectivity index (χ2v) is 6.91. The molecule has 2 aromatic carbocycles. The first-order valence-corrected chi connectivity index (χ1v) is 8.60. The summed E-state index contributed by atoms with van der Waals surface area (Å²) in [7, 11) is -3.95. The fraction of sp³-hybridized carbons (Fsp3) is 0.0667. The Morgan fingerprint density at radius 2 is 1.46 bits per heavy atom. The van der Waals surface area contributed by atoms with E-state index in [1.165, 1.54) is 36.4 Å². The molecule has 9 heteroatoms. The predicted molar refractivity (Wildman–Crippen MR) is 88.9 cm³/mol. The molecular weight excluding hydrogens is 354 g/mol. The predicted octanol–water partition coefficient (Wildman–Crippen LogP) is 1.37. The number of benzene rings is 2. The van der Waals surface area contributed by atoms with Crippen molar-refractivity contribution in [2.24, 2.45) is 5.14 Å². The number of aryl methyl sites for hydroxylation is 1. The maximum atomic E-state index is 12.0. The minimum Gasteiger partial charge on any atom is -0.267 e. The summed E-state index contributed by atoms with van der Waals surface area (Å²) in [4.78, 5) is 23.8. The minimum atomic E-state index is -3.95. The molecule has 0 atom stereocenters. The van der Waals surface area contributed by atoms with Gasteiger partial charge in [-0.1, -0.05) is 17.7 Å². The Kier molecular flexibility index (Phi) is 5.23. The number of nitrogens with two attached hydrogens (primary N) is 1. The molecule has 24 heavy (non-hydrogen) atoms. The van der Waals surface area contributed by atoms with Gasteiger partial charge in [-0.05, 0) is 48.9 Å².